The van der Waals surface area contributed by atoms with Gasteiger partial charge in [-0.1, -0.05) is 46.9 Å². The van der Waals surface area contributed by atoms with Crippen molar-refractivity contribution in [3.63, 3.8) is 0 Å². The van der Waals surface area contributed by atoms with Crippen LogP contribution in [0.3, 0.4) is 0 Å². The number of alkyl halides is 1. The summed E-state index contributed by atoms with van der Waals surface area (Å²) in [5, 5.41) is 0. The van der Waals surface area contributed by atoms with Crippen molar-refractivity contribution in [1.82, 2.24) is 0 Å². The minimum Gasteiger partial charge on any atom is -0.0819 e. The van der Waals surface area contributed by atoms with Gasteiger partial charge in [0.15, 0.2) is 0 Å². The van der Waals surface area contributed by atoms with E-state index in [1.807, 2.05) is 0 Å². The molecule has 1 aromatic carbocycles. The predicted octanol–water partition coefficient (Wildman–Crippen LogP) is 2.99. The molecule has 1 heteroatoms. The lowest BCUT2D eigenvalue weighted by Gasteiger charge is -2.19. The van der Waals surface area contributed by atoms with Gasteiger partial charge in [-0.15, -0.1) is 0 Å². The summed E-state index contributed by atoms with van der Waals surface area (Å²) in [6.45, 7) is 0. The number of hydrogen-bond donors (Lipinski definition) is 0. The maximum Gasteiger partial charge on any atom is 0.0188 e. The van der Waals surface area contributed by atoms with Crippen LogP contribution in [0.15, 0.2) is 24.3 Å². The molecule has 0 fully saturated rings. The summed E-state index contributed by atoms with van der Waals surface area (Å²) in [6.07, 6.45) is 4.91. The van der Waals surface area contributed by atoms with Crippen molar-refractivity contribution in [2.75, 3.05) is 0 Å². The van der Waals surface area contributed by atoms with E-state index in [0.717, 1.165) is 3.92 Å². The van der Waals surface area contributed by atoms with Crippen molar-refractivity contribution in [1.29, 1.82) is 0 Å². The second kappa shape index (κ2) is 3.13. The van der Waals surface area contributed by atoms with E-state index in [0.29, 0.717) is 0 Å². The highest BCUT2D eigenvalue weighted by Gasteiger charge is 2.14. The SMILES string of the molecule is IC1[CH]c2ccccc2CC1. The first-order valence-electron chi connectivity index (χ1n) is 3.93. The number of halogens is 1. The normalized spacial score (nSPS) is 22.8. The number of fused-ring (bicyclic) bond motifs is 1. The van der Waals surface area contributed by atoms with Crippen LogP contribution in [0.2, 0.25) is 0 Å². The van der Waals surface area contributed by atoms with Crippen LogP contribution in [0.1, 0.15) is 17.5 Å². The Kier molecular flexibility index (Phi) is 2.16. The van der Waals surface area contributed by atoms with Gasteiger partial charge in [0, 0.05) is 10.3 Å². The van der Waals surface area contributed by atoms with E-state index >= 15 is 0 Å². The fourth-order valence-corrected chi connectivity index (χ4v) is 2.19. The van der Waals surface area contributed by atoms with Gasteiger partial charge < -0.3 is 0 Å². The second-order valence-corrected chi connectivity index (χ2v) is 4.52. The van der Waals surface area contributed by atoms with Gasteiger partial charge in [-0.05, 0) is 24.0 Å². The van der Waals surface area contributed by atoms with Gasteiger partial charge in [-0.25, -0.2) is 0 Å². The molecule has 1 aliphatic rings. The summed E-state index contributed by atoms with van der Waals surface area (Å²) >= 11 is 2.50. The maximum absolute atomic E-state index is 2.50. The molecule has 0 amide bonds. The van der Waals surface area contributed by atoms with Gasteiger partial charge in [0.25, 0.3) is 0 Å². The molecule has 1 unspecified atom stereocenters. The molecule has 0 aliphatic heterocycles. The van der Waals surface area contributed by atoms with Crippen molar-refractivity contribution in [3.8, 4) is 0 Å². The Bertz CT molecular complexity index is 255. The Morgan fingerprint density at radius 3 is 3.00 bits per heavy atom. The lowest BCUT2D eigenvalue weighted by atomic mass is 9.92. The number of rotatable bonds is 0. The molecule has 11 heavy (non-hydrogen) atoms. The lowest BCUT2D eigenvalue weighted by Crippen LogP contribution is -2.10. The molecular weight excluding hydrogens is 247 g/mol. The zero-order valence-corrected chi connectivity index (χ0v) is 8.41. The van der Waals surface area contributed by atoms with Gasteiger partial charge in [-0.3, -0.25) is 0 Å². The summed E-state index contributed by atoms with van der Waals surface area (Å²) in [7, 11) is 0. The van der Waals surface area contributed by atoms with Crippen molar-refractivity contribution < 1.29 is 0 Å². The van der Waals surface area contributed by atoms with E-state index in [1.165, 1.54) is 24.0 Å². The molecule has 0 spiro atoms. The van der Waals surface area contributed by atoms with Crippen LogP contribution in [0.4, 0.5) is 0 Å². The average molecular weight is 257 g/mol. The molecule has 0 aromatic heterocycles. The number of benzene rings is 1. The minimum atomic E-state index is 0.738. The summed E-state index contributed by atoms with van der Waals surface area (Å²) in [4.78, 5) is 0. The fourth-order valence-electron chi connectivity index (χ4n) is 1.50. The van der Waals surface area contributed by atoms with Crippen LogP contribution in [-0.2, 0) is 6.42 Å². The molecule has 2 rings (SSSR count). The Labute approximate surface area is 81.1 Å². The first-order valence-corrected chi connectivity index (χ1v) is 5.18. The Hall–Kier alpha value is -0.0500. The monoisotopic (exact) mass is 257 g/mol. The van der Waals surface area contributed by atoms with Crippen LogP contribution in [0.25, 0.3) is 0 Å². The van der Waals surface area contributed by atoms with E-state index in [2.05, 4.69) is 53.3 Å². The number of hydrogen-bond acceptors (Lipinski definition) is 0. The lowest BCUT2D eigenvalue weighted by molar-refractivity contribution is 0.809. The molecule has 0 bridgehead atoms. The van der Waals surface area contributed by atoms with E-state index < -0.39 is 0 Å². The topological polar surface area (TPSA) is 0 Å². The Morgan fingerprint density at radius 1 is 1.27 bits per heavy atom. The molecule has 0 heterocycles. The summed E-state index contributed by atoms with van der Waals surface area (Å²) in [5.41, 5.74) is 2.96. The molecule has 1 aliphatic carbocycles. The predicted molar refractivity (Wildman–Crippen MR) is 56.0 cm³/mol. The Morgan fingerprint density at radius 2 is 2.09 bits per heavy atom. The molecule has 1 radical (unpaired) electrons. The van der Waals surface area contributed by atoms with Gasteiger partial charge in [0.2, 0.25) is 0 Å². The summed E-state index contributed by atoms with van der Waals surface area (Å²) < 4.78 is 0.738. The highest BCUT2D eigenvalue weighted by atomic mass is 127. The van der Waals surface area contributed by atoms with Crippen LogP contribution >= 0.6 is 22.6 Å². The molecule has 1 aromatic rings. The molecule has 0 N–H and O–H groups in total. The Balaban J connectivity index is 2.34. The van der Waals surface area contributed by atoms with Crippen molar-refractivity contribution >= 4 is 22.6 Å². The van der Waals surface area contributed by atoms with Crippen LogP contribution in [0, 0.1) is 6.42 Å². The summed E-state index contributed by atoms with van der Waals surface area (Å²) in [6, 6.07) is 8.68. The van der Waals surface area contributed by atoms with E-state index in [1.54, 1.807) is 0 Å². The highest BCUT2D eigenvalue weighted by molar-refractivity contribution is 14.1. The van der Waals surface area contributed by atoms with Gasteiger partial charge in [0.1, 0.15) is 0 Å². The van der Waals surface area contributed by atoms with Gasteiger partial charge >= 0.3 is 0 Å². The zero-order chi connectivity index (χ0) is 7.68. The van der Waals surface area contributed by atoms with Gasteiger partial charge in [0.05, 0.1) is 0 Å². The fraction of sp³-hybridized carbons (Fsp3) is 0.300. The smallest absolute Gasteiger partial charge is 0.0188 e. The molecule has 0 saturated carbocycles. The van der Waals surface area contributed by atoms with Gasteiger partial charge in [-0.2, -0.15) is 0 Å². The van der Waals surface area contributed by atoms with Crippen LogP contribution in [0.5, 0.6) is 0 Å². The molecule has 0 saturated heterocycles. The van der Waals surface area contributed by atoms with E-state index in [4.69, 9.17) is 0 Å². The molecular formula is C10H10I. The van der Waals surface area contributed by atoms with E-state index in [-0.39, 0.29) is 0 Å². The summed E-state index contributed by atoms with van der Waals surface area (Å²) in [5.74, 6) is 0. The minimum absolute atomic E-state index is 0.738. The standard InChI is InChI=1S/C10H10I/c11-10-6-5-8-3-1-2-4-9(8)7-10/h1-4,7,10H,5-6H2. The quantitative estimate of drug-likeness (QED) is 0.495. The first-order chi connectivity index (χ1) is 5.36. The third kappa shape index (κ3) is 1.58. The molecule has 1 atom stereocenters. The highest BCUT2D eigenvalue weighted by Crippen LogP contribution is 2.26. The molecule has 0 nitrogen and oxygen atoms in total. The van der Waals surface area contributed by atoms with Crippen LogP contribution < -0.4 is 0 Å². The van der Waals surface area contributed by atoms with E-state index in [9.17, 15) is 0 Å². The zero-order valence-electron chi connectivity index (χ0n) is 6.26. The molecule has 57 valence electrons. The van der Waals surface area contributed by atoms with Crippen molar-refractivity contribution in [3.05, 3.63) is 41.8 Å². The third-order valence-electron chi connectivity index (χ3n) is 2.10. The van der Waals surface area contributed by atoms with Crippen LogP contribution in [-0.4, -0.2) is 3.92 Å². The first kappa shape index (κ1) is 7.59. The average Bonchev–Trinajstić information content (AvgIpc) is 2.04. The van der Waals surface area contributed by atoms with Crippen molar-refractivity contribution in [2.45, 2.75) is 16.8 Å². The largest absolute Gasteiger partial charge is 0.0819 e. The maximum atomic E-state index is 2.50. The second-order valence-electron chi connectivity index (χ2n) is 2.92. The third-order valence-corrected chi connectivity index (χ3v) is 3.09. The number of aryl methyl sites for hydroxylation is 1. The van der Waals surface area contributed by atoms with Crippen molar-refractivity contribution in [2.24, 2.45) is 0 Å².